The van der Waals surface area contributed by atoms with Gasteiger partial charge in [-0.2, -0.15) is 4.98 Å². The van der Waals surface area contributed by atoms with Gasteiger partial charge < -0.3 is 15.5 Å². The largest absolute Gasteiger partial charge is 0.409 e. The first kappa shape index (κ1) is 7.52. The minimum Gasteiger partial charge on any atom is -0.409 e. The van der Waals surface area contributed by atoms with Crippen LogP contribution in [0.1, 0.15) is 11.7 Å². The van der Waals surface area contributed by atoms with Gasteiger partial charge in [0.2, 0.25) is 5.89 Å². The smallest absolute Gasteiger partial charge is 0.223 e. The Morgan fingerprint density at radius 3 is 3.00 bits per heavy atom. The molecule has 3 N–H and O–H groups in total. The van der Waals surface area contributed by atoms with Gasteiger partial charge in [0.1, 0.15) is 5.84 Å². The molecule has 0 fully saturated rings. The molecule has 0 atom stereocenters. The van der Waals surface area contributed by atoms with Crippen LogP contribution in [0.2, 0.25) is 0 Å². The number of nitrogens with zero attached hydrogens (tertiary/aromatic N) is 3. The zero-order valence-electron chi connectivity index (χ0n) is 5.98. The van der Waals surface area contributed by atoms with Crippen molar-refractivity contribution in [2.24, 2.45) is 10.9 Å². The maximum atomic E-state index is 8.18. The third kappa shape index (κ3) is 1.92. The fourth-order valence-corrected chi connectivity index (χ4v) is 0.610. The predicted octanol–water partition coefficient (Wildman–Crippen LogP) is -0.333. The van der Waals surface area contributed by atoms with Gasteiger partial charge in [0.15, 0.2) is 5.82 Å². The van der Waals surface area contributed by atoms with Gasteiger partial charge in [-0.25, -0.2) is 0 Å². The number of rotatable bonds is 2. The van der Waals surface area contributed by atoms with Crippen molar-refractivity contribution in [3.05, 3.63) is 11.7 Å². The van der Waals surface area contributed by atoms with Gasteiger partial charge >= 0.3 is 0 Å². The lowest BCUT2D eigenvalue weighted by Crippen LogP contribution is -2.15. The highest BCUT2D eigenvalue weighted by Gasteiger charge is 2.03. The van der Waals surface area contributed by atoms with Gasteiger partial charge in [-0.1, -0.05) is 10.3 Å². The molecular formula is C5H8N4O2. The first-order valence-electron chi connectivity index (χ1n) is 2.98. The summed E-state index contributed by atoms with van der Waals surface area (Å²) in [5.74, 6) is 0.939. The predicted molar refractivity (Wildman–Crippen MR) is 36.1 cm³/mol. The highest BCUT2D eigenvalue weighted by Crippen LogP contribution is 1.94. The van der Waals surface area contributed by atoms with Crippen LogP contribution in [0.5, 0.6) is 0 Å². The molecule has 1 aromatic rings. The molecule has 0 aliphatic rings. The number of hydrogen-bond acceptors (Lipinski definition) is 5. The minimum absolute atomic E-state index is 0.0609. The van der Waals surface area contributed by atoms with Crippen molar-refractivity contribution in [2.45, 2.75) is 13.3 Å². The van der Waals surface area contributed by atoms with Crippen LogP contribution in [0, 0.1) is 6.92 Å². The fourth-order valence-electron chi connectivity index (χ4n) is 0.610. The molecule has 0 amide bonds. The second kappa shape index (κ2) is 3.00. The van der Waals surface area contributed by atoms with E-state index in [1.165, 1.54) is 0 Å². The maximum Gasteiger partial charge on any atom is 0.223 e. The van der Waals surface area contributed by atoms with E-state index in [0.717, 1.165) is 0 Å². The summed E-state index contributed by atoms with van der Waals surface area (Å²) in [5, 5.41) is 14.5. The van der Waals surface area contributed by atoms with Gasteiger partial charge in [-0.05, 0) is 0 Å². The van der Waals surface area contributed by atoms with Crippen LogP contribution < -0.4 is 5.73 Å². The summed E-state index contributed by atoms with van der Waals surface area (Å²) in [6, 6.07) is 0. The van der Waals surface area contributed by atoms with E-state index in [4.69, 9.17) is 10.9 Å². The molecule has 0 saturated heterocycles. The Hall–Kier alpha value is -1.59. The van der Waals surface area contributed by atoms with Gasteiger partial charge in [0.05, 0.1) is 6.42 Å². The van der Waals surface area contributed by atoms with E-state index in [9.17, 15) is 0 Å². The molecule has 0 aliphatic carbocycles. The zero-order valence-corrected chi connectivity index (χ0v) is 5.98. The molecule has 60 valence electrons. The molecule has 1 rings (SSSR count). The minimum atomic E-state index is 0.0609. The first-order valence-corrected chi connectivity index (χ1v) is 2.98. The van der Waals surface area contributed by atoms with E-state index in [1.54, 1.807) is 6.92 Å². The molecule has 6 nitrogen and oxygen atoms in total. The lowest BCUT2D eigenvalue weighted by Gasteiger charge is -1.88. The van der Waals surface area contributed by atoms with Crippen molar-refractivity contribution in [1.29, 1.82) is 0 Å². The average Bonchev–Trinajstić information content (AvgIpc) is 2.35. The summed E-state index contributed by atoms with van der Waals surface area (Å²) < 4.78 is 4.66. The second-order valence-corrected chi connectivity index (χ2v) is 2.00. The lowest BCUT2D eigenvalue weighted by molar-refractivity contribution is 0.317. The molecule has 0 aliphatic heterocycles. The Morgan fingerprint density at radius 1 is 1.82 bits per heavy atom. The number of hydrogen-bond donors (Lipinski definition) is 2. The quantitative estimate of drug-likeness (QED) is 0.264. The second-order valence-electron chi connectivity index (χ2n) is 2.00. The van der Waals surface area contributed by atoms with Gasteiger partial charge in [-0.3, -0.25) is 0 Å². The molecular weight excluding hydrogens is 148 g/mol. The van der Waals surface area contributed by atoms with Gasteiger partial charge in [0.25, 0.3) is 0 Å². The maximum absolute atomic E-state index is 8.18. The molecule has 0 saturated carbocycles. The van der Waals surface area contributed by atoms with E-state index < -0.39 is 0 Å². The summed E-state index contributed by atoms with van der Waals surface area (Å²) in [4.78, 5) is 3.85. The Kier molecular flexibility index (Phi) is 2.05. The SMILES string of the molecule is Cc1nc(CC(N)=NO)no1. The van der Waals surface area contributed by atoms with E-state index in [2.05, 4.69) is 19.8 Å². The molecule has 11 heavy (non-hydrogen) atoms. The van der Waals surface area contributed by atoms with Crippen molar-refractivity contribution < 1.29 is 9.73 Å². The van der Waals surface area contributed by atoms with E-state index >= 15 is 0 Å². The Morgan fingerprint density at radius 2 is 2.55 bits per heavy atom. The normalized spacial score (nSPS) is 11.9. The highest BCUT2D eigenvalue weighted by molar-refractivity contribution is 5.81. The monoisotopic (exact) mass is 156 g/mol. The Labute approximate surface area is 62.7 Å². The van der Waals surface area contributed by atoms with Crippen LogP contribution >= 0.6 is 0 Å². The molecule has 0 spiro atoms. The van der Waals surface area contributed by atoms with Crippen LogP contribution in [-0.4, -0.2) is 21.2 Å². The van der Waals surface area contributed by atoms with Crippen molar-refractivity contribution >= 4 is 5.84 Å². The number of amidine groups is 1. The third-order valence-electron chi connectivity index (χ3n) is 1.04. The Bertz CT molecular complexity index is 267. The van der Waals surface area contributed by atoms with Crippen LogP contribution in [0.15, 0.2) is 9.68 Å². The van der Waals surface area contributed by atoms with Crippen LogP contribution in [-0.2, 0) is 6.42 Å². The van der Waals surface area contributed by atoms with Crippen LogP contribution in [0.25, 0.3) is 0 Å². The summed E-state index contributed by atoms with van der Waals surface area (Å²) in [7, 11) is 0. The van der Waals surface area contributed by atoms with Crippen LogP contribution in [0.3, 0.4) is 0 Å². The molecule has 1 heterocycles. The summed E-state index contributed by atoms with van der Waals surface area (Å²) in [6.07, 6.45) is 0.202. The Balaban J connectivity index is 2.65. The number of nitrogens with two attached hydrogens (primary N) is 1. The summed E-state index contributed by atoms with van der Waals surface area (Å²) in [6.45, 7) is 1.67. The topological polar surface area (TPSA) is 97.5 Å². The van der Waals surface area contributed by atoms with E-state index in [1.807, 2.05) is 0 Å². The number of aromatic nitrogens is 2. The average molecular weight is 156 g/mol. The van der Waals surface area contributed by atoms with Crippen molar-refractivity contribution in [2.75, 3.05) is 0 Å². The lowest BCUT2D eigenvalue weighted by atomic mass is 10.4. The first-order chi connectivity index (χ1) is 5.22. The molecule has 0 bridgehead atoms. The molecule has 0 radical (unpaired) electrons. The molecule has 6 heteroatoms. The third-order valence-corrected chi connectivity index (χ3v) is 1.04. The fraction of sp³-hybridized carbons (Fsp3) is 0.400. The molecule has 1 aromatic heterocycles. The standard InChI is InChI=1S/C5H8N4O2/c1-3-7-5(9-11-3)2-4(6)8-10/h10H,2H2,1H3,(H2,6,8). The van der Waals surface area contributed by atoms with Crippen molar-refractivity contribution in [3.8, 4) is 0 Å². The van der Waals surface area contributed by atoms with Crippen molar-refractivity contribution in [1.82, 2.24) is 10.1 Å². The highest BCUT2D eigenvalue weighted by atomic mass is 16.5. The van der Waals surface area contributed by atoms with Crippen molar-refractivity contribution in [3.63, 3.8) is 0 Å². The number of aryl methyl sites for hydroxylation is 1. The van der Waals surface area contributed by atoms with Gasteiger partial charge in [0, 0.05) is 6.92 Å². The summed E-state index contributed by atoms with van der Waals surface area (Å²) >= 11 is 0. The van der Waals surface area contributed by atoms with Gasteiger partial charge in [-0.15, -0.1) is 0 Å². The van der Waals surface area contributed by atoms with E-state index in [0.29, 0.717) is 11.7 Å². The summed E-state index contributed by atoms with van der Waals surface area (Å²) in [5.41, 5.74) is 5.19. The van der Waals surface area contributed by atoms with Crippen LogP contribution in [0.4, 0.5) is 0 Å². The molecule has 0 aromatic carbocycles. The zero-order chi connectivity index (χ0) is 8.27. The van der Waals surface area contributed by atoms with E-state index in [-0.39, 0.29) is 12.3 Å². The molecule has 0 unspecified atom stereocenters. The number of oxime groups is 1.